The van der Waals surface area contributed by atoms with Gasteiger partial charge < -0.3 is 18.9 Å². The van der Waals surface area contributed by atoms with Gasteiger partial charge in [-0.25, -0.2) is 13.6 Å². The monoisotopic (exact) mass is 427 g/mol. The van der Waals surface area contributed by atoms with Crippen LogP contribution in [0.3, 0.4) is 0 Å². The smallest absolute Gasteiger partial charge is 0.238 e. The summed E-state index contributed by atoms with van der Waals surface area (Å²) in [6.45, 7) is 2.07. The molecule has 0 bridgehead atoms. The Morgan fingerprint density at radius 3 is 1.80 bits per heavy atom. The Morgan fingerprint density at radius 2 is 1.33 bits per heavy atom. The molecule has 0 radical (unpaired) electrons. The van der Waals surface area contributed by atoms with Gasteiger partial charge in [-0.2, -0.15) is 0 Å². The molecule has 0 aromatic heterocycles. The van der Waals surface area contributed by atoms with Crippen LogP contribution in [-0.2, 0) is 10.0 Å². The molecule has 4 rings (SSSR count). The van der Waals surface area contributed by atoms with E-state index < -0.39 is 10.0 Å². The summed E-state index contributed by atoms with van der Waals surface area (Å²) in [5.74, 6) is 2.64. The third kappa shape index (κ3) is 3.55. The van der Waals surface area contributed by atoms with Gasteiger partial charge in [0.15, 0.2) is 11.5 Å². The predicted octanol–water partition coefficient (Wildman–Crippen LogP) is 3.72. The molecule has 0 spiro atoms. The zero-order valence-electron chi connectivity index (χ0n) is 16.8. The lowest BCUT2D eigenvalue weighted by Crippen LogP contribution is -2.11. The van der Waals surface area contributed by atoms with E-state index in [4.69, 9.17) is 24.1 Å². The predicted molar refractivity (Wildman–Crippen MR) is 113 cm³/mol. The summed E-state index contributed by atoms with van der Waals surface area (Å²) in [6, 6.07) is 14.0. The van der Waals surface area contributed by atoms with Crippen LogP contribution in [0.2, 0.25) is 0 Å². The average Bonchev–Trinajstić information content (AvgIpc) is 3.20. The van der Waals surface area contributed by atoms with Gasteiger partial charge in [0, 0.05) is 5.56 Å². The van der Waals surface area contributed by atoms with Crippen molar-refractivity contribution in [2.75, 3.05) is 21.0 Å². The molecule has 0 fully saturated rings. The molecule has 7 nitrogen and oxygen atoms in total. The number of hydrogen-bond acceptors (Lipinski definition) is 6. The van der Waals surface area contributed by atoms with Gasteiger partial charge in [-0.1, -0.05) is 12.1 Å². The van der Waals surface area contributed by atoms with E-state index in [1.54, 1.807) is 26.4 Å². The Labute approximate surface area is 175 Å². The Hall–Kier alpha value is -3.23. The van der Waals surface area contributed by atoms with Gasteiger partial charge in [0.05, 0.1) is 19.1 Å². The number of methoxy groups -OCH3 is 2. The van der Waals surface area contributed by atoms with Crippen molar-refractivity contribution >= 4 is 10.0 Å². The van der Waals surface area contributed by atoms with E-state index in [-0.39, 0.29) is 11.7 Å². The minimum absolute atomic E-state index is 0.0483. The maximum atomic E-state index is 11.6. The Morgan fingerprint density at radius 1 is 0.833 bits per heavy atom. The van der Waals surface area contributed by atoms with Gasteiger partial charge in [-0.15, -0.1) is 0 Å². The van der Waals surface area contributed by atoms with E-state index in [9.17, 15) is 8.42 Å². The van der Waals surface area contributed by atoms with Crippen LogP contribution in [0.25, 0.3) is 22.3 Å². The lowest BCUT2D eigenvalue weighted by Gasteiger charge is -2.16. The molecule has 0 saturated carbocycles. The molecule has 1 aliphatic heterocycles. The van der Waals surface area contributed by atoms with Crippen LogP contribution in [0.4, 0.5) is 0 Å². The molecule has 0 atom stereocenters. The minimum atomic E-state index is -3.77. The van der Waals surface area contributed by atoms with Crippen molar-refractivity contribution in [1.29, 1.82) is 0 Å². The molecule has 8 heteroatoms. The maximum Gasteiger partial charge on any atom is 0.238 e. The zero-order chi connectivity index (χ0) is 21.5. The van der Waals surface area contributed by atoms with E-state index in [1.807, 2.05) is 31.2 Å². The van der Waals surface area contributed by atoms with Crippen molar-refractivity contribution in [3.63, 3.8) is 0 Å². The molecular weight excluding hydrogens is 406 g/mol. The molecular formula is C22H21NO6S. The highest BCUT2D eigenvalue weighted by Gasteiger charge is 2.21. The number of rotatable bonds is 5. The summed E-state index contributed by atoms with van der Waals surface area (Å²) in [7, 11) is -0.556. The molecule has 0 aliphatic carbocycles. The minimum Gasteiger partial charge on any atom is -0.496 e. The van der Waals surface area contributed by atoms with Gasteiger partial charge in [0.1, 0.15) is 11.5 Å². The van der Waals surface area contributed by atoms with Crippen LogP contribution < -0.4 is 24.1 Å². The van der Waals surface area contributed by atoms with Crippen molar-refractivity contribution in [3.8, 4) is 45.3 Å². The SMILES string of the molecule is COc1cc(-c2cc3c(cc2-c2ccc(S(N)(=O)=O)cc2)OCO3)cc(OC)c1C. The quantitative estimate of drug-likeness (QED) is 0.667. The highest BCUT2D eigenvalue weighted by atomic mass is 32.2. The molecule has 3 aromatic rings. The van der Waals surface area contributed by atoms with Crippen LogP contribution in [0.1, 0.15) is 5.56 Å². The molecule has 1 heterocycles. The third-order valence-corrected chi connectivity index (χ3v) is 6.00. The standard InChI is InChI=1S/C22H21NO6S/c1-13-19(26-2)8-15(9-20(13)27-3)18-11-22-21(28-12-29-22)10-17(18)14-4-6-16(7-5-14)30(23,24)25/h4-11H,12H2,1-3H3,(H2,23,24,25). The lowest BCUT2D eigenvalue weighted by atomic mass is 9.93. The van der Waals surface area contributed by atoms with E-state index >= 15 is 0 Å². The number of primary sulfonamides is 1. The summed E-state index contributed by atoms with van der Waals surface area (Å²) >= 11 is 0. The first-order valence-corrected chi connectivity index (χ1v) is 10.7. The molecule has 0 amide bonds. The zero-order valence-corrected chi connectivity index (χ0v) is 17.6. The fourth-order valence-electron chi connectivity index (χ4n) is 3.49. The lowest BCUT2D eigenvalue weighted by molar-refractivity contribution is 0.174. The topological polar surface area (TPSA) is 97.1 Å². The number of sulfonamides is 1. The fraction of sp³-hybridized carbons (Fsp3) is 0.182. The number of nitrogens with two attached hydrogens (primary N) is 1. The second kappa shape index (κ2) is 7.55. The van der Waals surface area contributed by atoms with E-state index in [0.29, 0.717) is 23.0 Å². The largest absolute Gasteiger partial charge is 0.496 e. The first-order chi connectivity index (χ1) is 14.3. The van der Waals surface area contributed by atoms with E-state index in [2.05, 4.69) is 0 Å². The highest BCUT2D eigenvalue weighted by molar-refractivity contribution is 7.89. The second-order valence-corrected chi connectivity index (χ2v) is 8.39. The van der Waals surface area contributed by atoms with E-state index in [0.717, 1.165) is 27.8 Å². The molecule has 3 aromatic carbocycles. The maximum absolute atomic E-state index is 11.6. The Bertz CT molecular complexity index is 1190. The van der Waals surface area contributed by atoms with Gasteiger partial charge in [-0.05, 0) is 65.6 Å². The first-order valence-electron chi connectivity index (χ1n) is 9.11. The van der Waals surface area contributed by atoms with Gasteiger partial charge >= 0.3 is 0 Å². The molecule has 2 N–H and O–H groups in total. The van der Waals surface area contributed by atoms with Gasteiger partial charge in [-0.3, -0.25) is 0 Å². The molecule has 156 valence electrons. The van der Waals surface area contributed by atoms with Crippen molar-refractivity contribution in [2.45, 2.75) is 11.8 Å². The first kappa shape index (κ1) is 20.1. The summed E-state index contributed by atoms with van der Waals surface area (Å²) in [5.41, 5.74) is 4.25. The molecule has 0 saturated heterocycles. The van der Waals surface area contributed by atoms with Crippen molar-refractivity contribution in [2.24, 2.45) is 5.14 Å². The number of fused-ring (bicyclic) bond motifs is 1. The van der Waals surface area contributed by atoms with Crippen molar-refractivity contribution in [3.05, 3.63) is 54.1 Å². The summed E-state index contributed by atoms with van der Waals surface area (Å²) in [6.07, 6.45) is 0. The van der Waals surface area contributed by atoms with Crippen LogP contribution >= 0.6 is 0 Å². The normalized spacial score (nSPS) is 12.7. The number of hydrogen-bond donors (Lipinski definition) is 1. The van der Waals surface area contributed by atoms with Crippen LogP contribution in [-0.4, -0.2) is 29.4 Å². The van der Waals surface area contributed by atoms with E-state index in [1.165, 1.54) is 12.1 Å². The summed E-state index contributed by atoms with van der Waals surface area (Å²) < 4.78 is 45.4. The summed E-state index contributed by atoms with van der Waals surface area (Å²) in [5, 5.41) is 5.23. The molecule has 30 heavy (non-hydrogen) atoms. The Balaban J connectivity index is 1.93. The van der Waals surface area contributed by atoms with Crippen LogP contribution in [0.5, 0.6) is 23.0 Å². The van der Waals surface area contributed by atoms with Crippen molar-refractivity contribution < 1.29 is 27.4 Å². The van der Waals surface area contributed by atoms with Crippen molar-refractivity contribution in [1.82, 2.24) is 0 Å². The molecule has 0 unspecified atom stereocenters. The molecule has 1 aliphatic rings. The van der Waals surface area contributed by atoms with Crippen LogP contribution in [0.15, 0.2) is 53.4 Å². The Kier molecular flexibility index (Phi) is 5.05. The third-order valence-electron chi connectivity index (χ3n) is 5.07. The van der Waals surface area contributed by atoms with Crippen LogP contribution in [0, 0.1) is 6.92 Å². The average molecular weight is 427 g/mol. The number of ether oxygens (including phenoxy) is 4. The highest BCUT2D eigenvalue weighted by Crippen LogP contribution is 2.45. The van der Waals surface area contributed by atoms with Gasteiger partial charge in [0.25, 0.3) is 0 Å². The number of benzene rings is 3. The summed E-state index contributed by atoms with van der Waals surface area (Å²) in [4.78, 5) is 0.0483. The second-order valence-electron chi connectivity index (χ2n) is 6.83. The fourth-order valence-corrected chi connectivity index (χ4v) is 4.00. The van der Waals surface area contributed by atoms with Gasteiger partial charge in [0.2, 0.25) is 16.8 Å².